The van der Waals surface area contributed by atoms with Crippen LogP contribution < -0.4 is 4.74 Å². The standard InChI is InChI=1S/C14H10ClFO3/c15-10-2-5-12(6-3-10)19-8-9-1-4-11(16)7-13(9)14(17)18/h1-7H,8H2,(H,17,18). The predicted molar refractivity (Wildman–Crippen MR) is 69.1 cm³/mol. The van der Waals surface area contributed by atoms with E-state index in [4.69, 9.17) is 21.4 Å². The molecule has 2 aromatic carbocycles. The Balaban J connectivity index is 2.15. The number of carbonyl (C=O) groups is 1. The molecule has 0 unspecified atom stereocenters. The summed E-state index contributed by atoms with van der Waals surface area (Å²) in [5, 5.41) is 9.57. The number of ether oxygens (including phenoxy) is 1. The molecule has 0 aliphatic rings. The molecule has 0 saturated carbocycles. The van der Waals surface area contributed by atoms with Gasteiger partial charge in [0.15, 0.2) is 0 Å². The minimum Gasteiger partial charge on any atom is -0.489 e. The summed E-state index contributed by atoms with van der Waals surface area (Å²) in [6.07, 6.45) is 0. The van der Waals surface area contributed by atoms with Crippen LogP contribution in [0.4, 0.5) is 4.39 Å². The highest BCUT2D eigenvalue weighted by atomic mass is 35.5. The molecular formula is C14H10ClFO3. The summed E-state index contributed by atoms with van der Waals surface area (Å²) in [7, 11) is 0. The van der Waals surface area contributed by atoms with Crippen LogP contribution in [0, 0.1) is 5.82 Å². The van der Waals surface area contributed by atoms with Crippen molar-refractivity contribution in [2.45, 2.75) is 6.61 Å². The average Bonchev–Trinajstić information content (AvgIpc) is 2.39. The summed E-state index contributed by atoms with van der Waals surface area (Å²) in [5.74, 6) is -1.22. The highest BCUT2D eigenvalue weighted by molar-refractivity contribution is 6.30. The SMILES string of the molecule is O=C(O)c1cc(F)ccc1COc1ccc(Cl)cc1. The molecule has 98 valence electrons. The zero-order chi connectivity index (χ0) is 13.8. The first-order valence-electron chi connectivity index (χ1n) is 5.46. The molecule has 1 N–H and O–H groups in total. The fourth-order valence-corrected chi connectivity index (χ4v) is 1.69. The number of rotatable bonds is 4. The van der Waals surface area contributed by atoms with Crippen LogP contribution in [0.1, 0.15) is 15.9 Å². The molecule has 0 radical (unpaired) electrons. The Morgan fingerprint density at radius 1 is 1.21 bits per heavy atom. The van der Waals surface area contributed by atoms with Gasteiger partial charge in [-0.05, 0) is 36.4 Å². The molecule has 0 amide bonds. The first-order valence-corrected chi connectivity index (χ1v) is 5.84. The summed E-state index contributed by atoms with van der Waals surface area (Å²) in [5.41, 5.74) is 0.304. The first kappa shape index (κ1) is 13.4. The van der Waals surface area contributed by atoms with E-state index in [2.05, 4.69) is 0 Å². The highest BCUT2D eigenvalue weighted by Gasteiger charge is 2.11. The maximum atomic E-state index is 13.0. The molecule has 0 spiro atoms. The van der Waals surface area contributed by atoms with Gasteiger partial charge in [-0.2, -0.15) is 0 Å². The molecule has 19 heavy (non-hydrogen) atoms. The van der Waals surface area contributed by atoms with Gasteiger partial charge in [0.2, 0.25) is 0 Å². The number of halogens is 2. The number of aromatic carboxylic acids is 1. The Morgan fingerprint density at radius 3 is 2.53 bits per heavy atom. The summed E-state index contributed by atoms with van der Waals surface area (Å²) in [4.78, 5) is 11.0. The Hall–Kier alpha value is -2.07. The van der Waals surface area contributed by atoms with E-state index < -0.39 is 11.8 Å². The molecule has 3 nitrogen and oxygen atoms in total. The monoisotopic (exact) mass is 280 g/mol. The van der Waals surface area contributed by atoms with Crippen molar-refractivity contribution in [3.8, 4) is 5.75 Å². The van der Waals surface area contributed by atoms with Gasteiger partial charge < -0.3 is 9.84 Å². The van der Waals surface area contributed by atoms with E-state index in [1.54, 1.807) is 24.3 Å². The van der Waals surface area contributed by atoms with Crippen LogP contribution in [0.25, 0.3) is 0 Å². The number of hydrogen-bond donors (Lipinski definition) is 1. The molecule has 0 bridgehead atoms. The van der Waals surface area contributed by atoms with Crippen molar-refractivity contribution < 1.29 is 19.0 Å². The normalized spacial score (nSPS) is 10.2. The van der Waals surface area contributed by atoms with E-state index >= 15 is 0 Å². The minimum absolute atomic E-state index is 0.0452. The molecule has 0 atom stereocenters. The fraction of sp³-hybridized carbons (Fsp3) is 0.0714. The summed E-state index contributed by atoms with van der Waals surface area (Å²) in [6.45, 7) is 0.0452. The molecule has 0 fully saturated rings. The van der Waals surface area contributed by atoms with Crippen LogP contribution in [0.3, 0.4) is 0 Å². The lowest BCUT2D eigenvalue weighted by Crippen LogP contribution is -2.06. The van der Waals surface area contributed by atoms with E-state index in [-0.39, 0.29) is 12.2 Å². The van der Waals surface area contributed by atoms with Crippen LogP contribution in [0.15, 0.2) is 42.5 Å². The Labute approximate surface area is 114 Å². The second kappa shape index (κ2) is 5.71. The van der Waals surface area contributed by atoms with E-state index in [0.717, 1.165) is 6.07 Å². The van der Waals surface area contributed by atoms with Gasteiger partial charge in [-0.1, -0.05) is 17.7 Å². The zero-order valence-electron chi connectivity index (χ0n) is 9.77. The third-order valence-corrected chi connectivity index (χ3v) is 2.76. The molecule has 5 heteroatoms. The van der Waals surface area contributed by atoms with Gasteiger partial charge in [-0.15, -0.1) is 0 Å². The number of carboxylic acid groups (broad SMARTS) is 1. The summed E-state index contributed by atoms with van der Waals surface area (Å²) < 4.78 is 18.4. The second-order valence-corrected chi connectivity index (χ2v) is 4.29. The topological polar surface area (TPSA) is 46.5 Å². The van der Waals surface area contributed by atoms with Crippen molar-refractivity contribution in [1.29, 1.82) is 0 Å². The van der Waals surface area contributed by atoms with Crippen molar-refractivity contribution >= 4 is 17.6 Å². The van der Waals surface area contributed by atoms with Gasteiger partial charge in [0.05, 0.1) is 5.56 Å². The van der Waals surface area contributed by atoms with E-state index in [9.17, 15) is 9.18 Å². The lowest BCUT2D eigenvalue weighted by Gasteiger charge is -2.09. The molecule has 0 aromatic heterocycles. The summed E-state index contributed by atoms with van der Waals surface area (Å²) >= 11 is 5.74. The quantitative estimate of drug-likeness (QED) is 0.927. The van der Waals surface area contributed by atoms with Gasteiger partial charge in [0.25, 0.3) is 0 Å². The predicted octanol–water partition coefficient (Wildman–Crippen LogP) is 3.76. The van der Waals surface area contributed by atoms with Crippen molar-refractivity contribution in [3.05, 3.63) is 64.4 Å². The van der Waals surface area contributed by atoms with Gasteiger partial charge in [0, 0.05) is 10.6 Å². The van der Waals surface area contributed by atoms with Crippen LogP contribution in [0.2, 0.25) is 5.02 Å². The maximum absolute atomic E-state index is 13.0. The number of hydrogen-bond acceptors (Lipinski definition) is 2. The van der Waals surface area contributed by atoms with Crippen LogP contribution in [-0.2, 0) is 6.61 Å². The van der Waals surface area contributed by atoms with E-state index in [1.807, 2.05) is 0 Å². The van der Waals surface area contributed by atoms with Crippen molar-refractivity contribution in [2.24, 2.45) is 0 Å². The third-order valence-electron chi connectivity index (χ3n) is 2.51. The third kappa shape index (κ3) is 3.45. The lowest BCUT2D eigenvalue weighted by molar-refractivity contribution is 0.0693. The van der Waals surface area contributed by atoms with Gasteiger partial charge >= 0.3 is 5.97 Å². The number of benzene rings is 2. The fourth-order valence-electron chi connectivity index (χ4n) is 1.57. The van der Waals surface area contributed by atoms with Crippen molar-refractivity contribution in [2.75, 3.05) is 0 Å². The Morgan fingerprint density at radius 2 is 1.89 bits per heavy atom. The van der Waals surface area contributed by atoms with Crippen LogP contribution in [-0.4, -0.2) is 11.1 Å². The summed E-state index contributed by atoms with van der Waals surface area (Å²) in [6, 6.07) is 10.3. The highest BCUT2D eigenvalue weighted by Crippen LogP contribution is 2.18. The van der Waals surface area contributed by atoms with Crippen LogP contribution in [0.5, 0.6) is 5.75 Å². The molecule has 0 aliphatic carbocycles. The lowest BCUT2D eigenvalue weighted by atomic mass is 10.1. The van der Waals surface area contributed by atoms with Crippen LogP contribution >= 0.6 is 11.6 Å². The average molecular weight is 281 g/mol. The van der Waals surface area contributed by atoms with E-state index in [1.165, 1.54) is 12.1 Å². The second-order valence-electron chi connectivity index (χ2n) is 3.85. The van der Waals surface area contributed by atoms with E-state index in [0.29, 0.717) is 16.3 Å². The van der Waals surface area contributed by atoms with Crippen molar-refractivity contribution in [1.82, 2.24) is 0 Å². The number of carboxylic acids is 1. The molecular weight excluding hydrogens is 271 g/mol. The minimum atomic E-state index is -1.19. The first-order chi connectivity index (χ1) is 9.06. The van der Waals surface area contributed by atoms with Gasteiger partial charge in [-0.25, -0.2) is 9.18 Å². The Kier molecular flexibility index (Phi) is 4.02. The van der Waals surface area contributed by atoms with Crippen molar-refractivity contribution in [3.63, 3.8) is 0 Å². The molecule has 0 aliphatic heterocycles. The molecule has 2 rings (SSSR count). The smallest absolute Gasteiger partial charge is 0.336 e. The molecule has 2 aromatic rings. The molecule has 0 saturated heterocycles. The van der Waals surface area contributed by atoms with Gasteiger partial charge in [0.1, 0.15) is 18.2 Å². The molecule has 0 heterocycles. The van der Waals surface area contributed by atoms with Gasteiger partial charge in [-0.3, -0.25) is 0 Å². The maximum Gasteiger partial charge on any atom is 0.336 e. The largest absolute Gasteiger partial charge is 0.489 e. The Bertz CT molecular complexity index is 596. The zero-order valence-corrected chi connectivity index (χ0v) is 10.5.